The van der Waals surface area contributed by atoms with Crippen molar-refractivity contribution in [1.82, 2.24) is 9.55 Å². The van der Waals surface area contributed by atoms with Gasteiger partial charge in [0.25, 0.3) is 0 Å². The molecule has 2 aromatic rings. The normalized spacial score (nSPS) is 14.6. The van der Waals surface area contributed by atoms with Crippen LogP contribution in [0.4, 0.5) is 0 Å². The van der Waals surface area contributed by atoms with Gasteiger partial charge in [-0.2, -0.15) is 0 Å². The number of nitrogens with two attached hydrogens (primary N) is 1. The minimum Gasteiger partial charge on any atom is -0.327 e. The summed E-state index contributed by atoms with van der Waals surface area (Å²) in [6.07, 6.45) is 3.62. The summed E-state index contributed by atoms with van der Waals surface area (Å²) in [7, 11) is 0. The van der Waals surface area contributed by atoms with Gasteiger partial charge in [0.15, 0.2) is 0 Å². The molecule has 0 fully saturated rings. The highest BCUT2D eigenvalue weighted by Crippen LogP contribution is 2.30. The Balaban J connectivity index is 2.05. The van der Waals surface area contributed by atoms with Crippen LogP contribution in [0.2, 0.25) is 0 Å². The number of fused-ring (bicyclic) bond motifs is 1. The molecule has 0 spiro atoms. The van der Waals surface area contributed by atoms with Crippen molar-refractivity contribution >= 4 is 15.9 Å². The zero-order valence-electron chi connectivity index (χ0n) is 10.2. The Labute approximate surface area is 115 Å². The molecule has 3 rings (SSSR count). The van der Waals surface area contributed by atoms with Crippen molar-refractivity contribution in [3.63, 3.8) is 0 Å². The summed E-state index contributed by atoms with van der Waals surface area (Å²) < 4.78 is 3.34. The number of hydrogen-bond donors (Lipinski definition) is 1. The molecule has 18 heavy (non-hydrogen) atoms. The monoisotopic (exact) mass is 305 g/mol. The second-order valence-corrected chi connectivity index (χ2v) is 5.43. The highest BCUT2D eigenvalue weighted by atomic mass is 79.9. The van der Waals surface area contributed by atoms with Crippen molar-refractivity contribution in [2.45, 2.75) is 32.4 Å². The molecular formula is C14H16BrN3. The Kier molecular flexibility index (Phi) is 3.22. The third-order valence-corrected chi connectivity index (χ3v) is 4.15. The fourth-order valence-corrected chi connectivity index (χ4v) is 3.09. The maximum absolute atomic E-state index is 5.63. The molecule has 0 saturated heterocycles. The van der Waals surface area contributed by atoms with E-state index in [0.29, 0.717) is 6.54 Å². The molecule has 1 aromatic carbocycles. The van der Waals surface area contributed by atoms with Crippen molar-refractivity contribution in [3.8, 4) is 11.4 Å². The van der Waals surface area contributed by atoms with Gasteiger partial charge in [-0.3, -0.25) is 0 Å². The molecule has 3 nitrogen and oxygen atoms in total. The molecule has 0 unspecified atom stereocenters. The Morgan fingerprint density at radius 3 is 2.72 bits per heavy atom. The van der Waals surface area contributed by atoms with Gasteiger partial charge >= 0.3 is 0 Å². The smallest absolute Gasteiger partial charge is 0.141 e. The Bertz CT molecular complexity index is 557. The number of benzene rings is 1. The number of aromatic nitrogens is 2. The Morgan fingerprint density at radius 2 is 2.00 bits per heavy atom. The standard InChI is InChI=1S/C14H16BrN3/c15-13-12-3-1-2-8-18(12)14(17-13)11-6-4-10(9-16)5-7-11/h4-7H,1-3,8-9,16H2. The van der Waals surface area contributed by atoms with E-state index in [4.69, 9.17) is 5.73 Å². The molecule has 0 atom stereocenters. The quantitative estimate of drug-likeness (QED) is 0.926. The molecule has 1 aromatic heterocycles. The maximum Gasteiger partial charge on any atom is 0.141 e. The molecule has 94 valence electrons. The lowest BCUT2D eigenvalue weighted by Crippen LogP contribution is -2.11. The van der Waals surface area contributed by atoms with E-state index < -0.39 is 0 Å². The molecule has 0 saturated carbocycles. The van der Waals surface area contributed by atoms with E-state index in [9.17, 15) is 0 Å². The van der Waals surface area contributed by atoms with Crippen molar-refractivity contribution < 1.29 is 0 Å². The van der Waals surface area contributed by atoms with Crippen LogP contribution in [0.3, 0.4) is 0 Å². The lowest BCUT2D eigenvalue weighted by Gasteiger charge is -2.16. The van der Waals surface area contributed by atoms with Crippen molar-refractivity contribution in [2.75, 3.05) is 0 Å². The maximum atomic E-state index is 5.63. The topological polar surface area (TPSA) is 43.8 Å². The number of nitrogens with zero attached hydrogens (tertiary/aromatic N) is 2. The zero-order chi connectivity index (χ0) is 12.5. The summed E-state index contributed by atoms with van der Waals surface area (Å²) in [5.74, 6) is 1.07. The molecule has 2 N–H and O–H groups in total. The van der Waals surface area contributed by atoms with E-state index in [-0.39, 0.29) is 0 Å². The summed E-state index contributed by atoms with van der Waals surface area (Å²) in [5, 5.41) is 0. The van der Waals surface area contributed by atoms with Crippen molar-refractivity contribution in [2.24, 2.45) is 5.73 Å². The van der Waals surface area contributed by atoms with Gasteiger partial charge in [0.05, 0.1) is 5.69 Å². The SMILES string of the molecule is NCc1ccc(-c2nc(Br)c3n2CCCC3)cc1. The predicted octanol–water partition coefficient (Wildman–Crippen LogP) is 3.11. The van der Waals surface area contributed by atoms with Gasteiger partial charge in [0, 0.05) is 18.7 Å². The van der Waals surface area contributed by atoms with Gasteiger partial charge < -0.3 is 10.3 Å². The summed E-state index contributed by atoms with van der Waals surface area (Å²) in [5.41, 5.74) is 9.28. The van der Waals surface area contributed by atoms with Crippen LogP contribution < -0.4 is 5.73 Å². The van der Waals surface area contributed by atoms with E-state index in [2.05, 4.69) is 49.7 Å². The third kappa shape index (κ3) is 1.99. The van der Waals surface area contributed by atoms with Gasteiger partial charge in [-0.05, 0) is 40.8 Å². The molecular weight excluding hydrogens is 290 g/mol. The highest BCUT2D eigenvalue weighted by molar-refractivity contribution is 9.10. The van der Waals surface area contributed by atoms with Gasteiger partial charge in [-0.1, -0.05) is 24.3 Å². The van der Waals surface area contributed by atoms with Gasteiger partial charge in [-0.25, -0.2) is 4.98 Å². The fourth-order valence-electron chi connectivity index (χ4n) is 2.51. The zero-order valence-corrected chi connectivity index (χ0v) is 11.8. The minimum absolute atomic E-state index is 0.587. The van der Waals surface area contributed by atoms with Gasteiger partial charge in [0.2, 0.25) is 0 Å². The van der Waals surface area contributed by atoms with E-state index in [1.54, 1.807) is 0 Å². The van der Waals surface area contributed by atoms with E-state index >= 15 is 0 Å². The van der Waals surface area contributed by atoms with Crippen molar-refractivity contribution in [1.29, 1.82) is 0 Å². The fraction of sp³-hybridized carbons (Fsp3) is 0.357. The Morgan fingerprint density at radius 1 is 1.22 bits per heavy atom. The Hall–Kier alpha value is -1.13. The first-order valence-corrected chi connectivity index (χ1v) is 7.13. The average Bonchev–Trinajstić information content (AvgIpc) is 2.77. The number of rotatable bonds is 2. The van der Waals surface area contributed by atoms with Crippen LogP contribution in [0.25, 0.3) is 11.4 Å². The summed E-state index contributed by atoms with van der Waals surface area (Å²) in [4.78, 5) is 4.67. The molecule has 0 radical (unpaired) electrons. The predicted molar refractivity (Wildman–Crippen MR) is 76.2 cm³/mol. The van der Waals surface area contributed by atoms with E-state index in [1.165, 1.54) is 24.1 Å². The largest absolute Gasteiger partial charge is 0.327 e. The molecule has 1 aliphatic rings. The summed E-state index contributed by atoms with van der Waals surface area (Å²) >= 11 is 3.58. The lowest BCUT2D eigenvalue weighted by atomic mass is 10.1. The second kappa shape index (κ2) is 4.86. The number of halogens is 1. The number of imidazole rings is 1. The van der Waals surface area contributed by atoms with Crippen LogP contribution >= 0.6 is 15.9 Å². The van der Waals surface area contributed by atoms with Gasteiger partial charge in [0.1, 0.15) is 10.4 Å². The molecule has 0 amide bonds. The molecule has 1 aliphatic heterocycles. The number of hydrogen-bond acceptors (Lipinski definition) is 2. The molecule has 4 heteroatoms. The second-order valence-electron chi connectivity index (χ2n) is 4.68. The molecule has 0 bridgehead atoms. The minimum atomic E-state index is 0.587. The third-order valence-electron chi connectivity index (χ3n) is 3.52. The molecule has 0 aliphatic carbocycles. The van der Waals surface area contributed by atoms with E-state index in [1.807, 2.05) is 0 Å². The van der Waals surface area contributed by atoms with Gasteiger partial charge in [-0.15, -0.1) is 0 Å². The van der Waals surface area contributed by atoms with Crippen LogP contribution in [-0.4, -0.2) is 9.55 Å². The average molecular weight is 306 g/mol. The van der Waals surface area contributed by atoms with Crippen LogP contribution in [0.1, 0.15) is 24.1 Å². The van der Waals surface area contributed by atoms with E-state index in [0.717, 1.165) is 29.0 Å². The van der Waals surface area contributed by atoms with Crippen LogP contribution in [0.5, 0.6) is 0 Å². The van der Waals surface area contributed by atoms with Crippen LogP contribution in [0, 0.1) is 0 Å². The first-order chi connectivity index (χ1) is 8.79. The van der Waals surface area contributed by atoms with Crippen LogP contribution in [0.15, 0.2) is 28.9 Å². The first-order valence-electron chi connectivity index (χ1n) is 6.34. The summed E-state index contributed by atoms with van der Waals surface area (Å²) in [6.45, 7) is 1.66. The summed E-state index contributed by atoms with van der Waals surface area (Å²) in [6, 6.07) is 8.37. The van der Waals surface area contributed by atoms with Crippen molar-refractivity contribution in [3.05, 3.63) is 40.1 Å². The lowest BCUT2D eigenvalue weighted by molar-refractivity contribution is 0.535. The highest BCUT2D eigenvalue weighted by Gasteiger charge is 2.19. The molecule has 2 heterocycles. The van der Waals surface area contributed by atoms with Crippen LogP contribution in [-0.2, 0) is 19.5 Å². The first kappa shape index (κ1) is 11.9.